The Balaban J connectivity index is 1.94. The fourth-order valence-electron chi connectivity index (χ4n) is 2.33. The third-order valence-corrected chi connectivity index (χ3v) is 3.16. The van der Waals surface area contributed by atoms with Crippen LogP contribution < -0.4 is 10.6 Å². The largest absolute Gasteiger partial charge is 0.316 e. The minimum atomic E-state index is 0.653. The summed E-state index contributed by atoms with van der Waals surface area (Å²) in [6.07, 6.45) is 5.48. The van der Waals surface area contributed by atoms with Crippen molar-refractivity contribution in [3.63, 3.8) is 0 Å². The van der Waals surface area contributed by atoms with E-state index in [1.807, 2.05) is 0 Å². The zero-order valence-electron chi connectivity index (χ0n) is 7.10. The van der Waals surface area contributed by atoms with Crippen LogP contribution in [-0.4, -0.2) is 26.2 Å². The van der Waals surface area contributed by atoms with Gasteiger partial charge < -0.3 is 5.32 Å². The van der Waals surface area contributed by atoms with Crippen LogP contribution in [0.5, 0.6) is 0 Å². The van der Waals surface area contributed by atoms with Crippen molar-refractivity contribution in [2.45, 2.75) is 25.7 Å². The van der Waals surface area contributed by atoms with Crippen molar-refractivity contribution in [1.82, 2.24) is 10.6 Å². The molecular weight excluding hydrogens is 136 g/mol. The van der Waals surface area contributed by atoms with Gasteiger partial charge in [0.2, 0.25) is 0 Å². The van der Waals surface area contributed by atoms with E-state index in [0.29, 0.717) is 5.41 Å². The Labute approximate surface area is 68.7 Å². The van der Waals surface area contributed by atoms with Gasteiger partial charge in [-0.15, -0.1) is 0 Å². The van der Waals surface area contributed by atoms with Crippen molar-refractivity contribution < 1.29 is 0 Å². The SMILES string of the molecule is C1CNCC2(C1)CC[N]CC2. The highest BCUT2D eigenvalue weighted by Crippen LogP contribution is 2.35. The molecule has 0 amide bonds. The van der Waals surface area contributed by atoms with E-state index in [0.717, 1.165) is 13.1 Å². The molecule has 1 radical (unpaired) electrons. The second-order valence-corrected chi connectivity index (χ2v) is 3.95. The minimum absolute atomic E-state index is 0.653. The van der Waals surface area contributed by atoms with E-state index in [1.54, 1.807) is 0 Å². The highest BCUT2D eigenvalue weighted by atomic mass is 14.9. The van der Waals surface area contributed by atoms with Gasteiger partial charge in [0.25, 0.3) is 0 Å². The predicted octanol–water partition coefficient (Wildman–Crippen LogP) is 0.754. The molecule has 2 aliphatic heterocycles. The second kappa shape index (κ2) is 3.11. The summed E-state index contributed by atoms with van der Waals surface area (Å²) in [5, 5.41) is 7.90. The molecule has 0 atom stereocenters. The molecule has 2 aliphatic rings. The van der Waals surface area contributed by atoms with Gasteiger partial charge in [0.05, 0.1) is 0 Å². The smallest absolute Gasteiger partial charge is 0.0139 e. The Morgan fingerprint density at radius 1 is 1.09 bits per heavy atom. The van der Waals surface area contributed by atoms with Gasteiger partial charge in [-0.2, -0.15) is 0 Å². The van der Waals surface area contributed by atoms with Crippen LogP contribution in [0.2, 0.25) is 0 Å². The number of nitrogens with zero attached hydrogens (tertiary/aromatic N) is 1. The summed E-state index contributed by atoms with van der Waals surface area (Å²) < 4.78 is 0. The van der Waals surface area contributed by atoms with E-state index in [1.165, 1.54) is 38.8 Å². The summed E-state index contributed by atoms with van der Waals surface area (Å²) >= 11 is 0. The summed E-state index contributed by atoms with van der Waals surface area (Å²) in [5.41, 5.74) is 0.653. The minimum Gasteiger partial charge on any atom is -0.316 e. The number of hydrogen-bond acceptors (Lipinski definition) is 1. The van der Waals surface area contributed by atoms with E-state index in [4.69, 9.17) is 0 Å². The standard InChI is InChI=1S/C9H17N2/c1-2-9(8-11-5-1)3-6-10-7-4-9/h11H,1-8H2. The van der Waals surface area contributed by atoms with Crippen LogP contribution in [0.3, 0.4) is 0 Å². The molecule has 2 heterocycles. The van der Waals surface area contributed by atoms with Crippen LogP contribution in [0, 0.1) is 5.41 Å². The van der Waals surface area contributed by atoms with Gasteiger partial charge >= 0.3 is 0 Å². The Hall–Kier alpha value is -0.0800. The van der Waals surface area contributed by atoms with Crippen molar-refractivity contribution in [2.24, 2.45) is 5.41 Å². The molecule has 0 aromatic heterocycles. The van der Waals surface area contributed by atoms with E-state index in [-0.39, 0.29) is 0 Å². The van der Waals surface area contributed by atoms with Gasteiger partial charge in [-0.1, -0.05) is 0 Å². The molecule has 0 unspecified atom stereocenters. The fourth-order valence-corrected chi connectivity index (χ4v) is 2.33. The van der Waals surface area contributed by atoms with Crippen LogP contribution in [-0.2, 0) is 0 Å². The van der Waals surface area contributed by atoms with Crippen LogP contribution in [0.25, 0.3) is 0 Å². The molecular formula is C9H17N2. The predicted molar refractivity (Wildman–Crippen MR) is 45.6 cm³/mol. The molecule has 2 heteroatoms. The maximum Gasteiger partial charge on any atom is 0.0139 e. The molecule has 2 saturated heterocycles. The van der Waals surface area contributed by atoms with Gasteiger partial charge in [-0.05, 0) is 37.6 Å². The Kier molecular flexibility index (Phi) is 2.14. The lowest BCUT2D eigenvalue weighted by atomic mass is 9.73. The first-order chi connectivity index (χ1) is 5.41. The van der Waals surface area contributed by atoms with Gasteiger partial charge in [0.15, 0.2) is 0 Å². The van der Waals surface area contributed by atoms with Crippen molar-refractivity contribution >= 4 is 0 Å². The third-order valence-electron chi connectivity index (χ3n) is 3.16. The molecule has 11 heavy (non-hydrogen) atoms. The van der Waals surface area contributed by atoms with Crippen LogP contribution >= 0.6 is 0 Å². The fraction of sp³-hybridized carbons (Fsp3) is 1.00. The summed E-state index contributed by atoms with van der Waals surface area (Å²) in [7, 11) is 0. The molecule has 1 N–H and O–H groups in total. The highest BCUT2D eigenvalue weighted by Gasteiger charge is 2.33. The van der Waals surface area contributed by atoms with E-state index >= 15 is 0 Å². The molecule has 0 saturated carbocycles. The van der Waals surface area contributed by atoms with Gasteiger partial charge in [0, 0.05) is 19.6 Å². The Morgan fingerprint density at radius 2 is 1.91 bits per heavy atom. The second-order valence-electron chi connectivity index (χ2n) is 3.95. The molecule has 63 valence electrons. The molecule has 0 bridgehead atoms. The first-order valence-corrected chi connectivity index (χ1v) is 4.75. The number of rotatable bonds is 0. The van der Waals surface area contributed by atoms with Crippen LogP contribution in [0.1, 0.15) is 25.7 Å². The highest BCUT2D eigenvalue weighted by molar-refractivity contribution is 4.88. The molecule has 2 fully saturated rings. The lowest BCUT2D eigenvalue weighted by molar-refractivity contribution is 0.149. The van der Waals surface area contributed by atoms with Gasteiger partial charge in [-0.3, -0.25) is 0 Å². The van der Waals surface area contributed by atoms with Gasteiger partial charge in [-0.25, -0.2) is 5.32 Å². The average molecular weight is 153 g/mol. The van der Waals surface area contributed by atoms with Crippen molar-refractivity contribution in [3.05, 3.63) is 0 Å². The zero-order chi connectivity index (χ0) is 7.57. The number of hydrogen-bond donors (Lipinski definition) is 1. The number of piperidine rings is 2. The number of nitrogens with one attached hydrogen (secondary N) is 1. The summed E-state index contributed by atoms with van der Waals surface area (Å²) in [6.45, 7) is 4.71. The first-order valence-electron chi connectivity index (χ1n) is 4.75. The summed E-state index contributed by atoms with van der Waals surface area (Å²) in [6, 6.07) is 0. The van der Waals surface area contributed by atoms with Crippen molar-refractivity contribution in [3.8, 4) is 0 Å². The van der Waals surface area contributed by atoms with Crippen molar-refractivity contribution in [1.29, 1.82) is 0 Å². The van der Waals surface area contributed by atoms with E-state index in [9.17, 15) is 0 Å². The monoisotopic (exact) mass is 153 g/mol. The first kappa shape index (κ1) is 7.56. The normalized spacial score (nSPS) is 30.5. The quantitative estimate of drug-likeness (QED) is 0.546. The van der Waals surface area contributed by atoms with Gasteiger partial charge in [0.1, 0.15) is 0 Å². The third kappa shape index (κ3) is 1.57. The Bertz CT molecular complexity index is 102. The molecule has 0 aromatic rings. The summed E-state index contributed by atoms with van der Waals surface area (Å²) in [4.78, 5) is 0. The van der Waals surface area contributed by atoms with E-state index < -0.39 is 0 Å². The molecule has 2 nitrogen and oxygen atoms in total. The van der Waals surface area contributed by atoms with E-state index in [2.05, 4.69) is 10.6 Å². The molecule has 0 aliphatic carbocycles. The molecule has 2 rings (SSSR count). The van der Waals surface area contributed by atoms with Crippen LogP contribution in [0.4, 0.5) is 0 Å². The van der Waals surface area contributed by atoms with Crippen LogP contribution in [0.15, 0.2) is 0 Å². The maximum absolute atomic E-state index is 4.40. The molecule has 1 spiro atoms. The lowest BCUT2D eigenvalue weighted by Crippen LogP contribution is -2.45. The lowest BCUT2D eigenvalue weighted by Gasteiger charge is -2.40. The van der Waals surface area contributed by atoms with Crippen molar-refractivity contribution in [2.75, 3.05) is 26.2 Å². The summed E-state index contributed by atoms with van der Waals surface area (Å²) in [5.74, 6) is 0. The topological polar surface area (TPSA) is 26.1 Å². The zero-order valence-corrected chi connectivity index (χ0v) is 7.10. The Morgan fingerprint density at radius 3 is 2.55 bits per heavy atom. The maximum atomic E-state index is 4.40. The molecule has 0 aromatic carbocycles. The average Bonchev–Trinajstić information content (AvgIpc) is 2.07.